The number of aromatic nitrogens is 3. The molecule has 0 aliphatic heterocycles. The molecule has 1 aromatic heterocycles. The molecule has 1 heterocycles. The van der Waals surface area contributed by atoms with E-state index in [-0.39, 0.29) is 11.9 Å². The van der Waals surface area contributed by atoms with Crippen LogP contribution in [0.5, 0.6) is 0 Å². The van der Waals surface area contributed by atoms with E-state index in [9.17, 15) is 4.79 Å². The standard InChI is InChI=1S/C11H21N5O/c1-9(2)16(4)11(17)7-12-6-5-10-14-13-8-15(10)3/h8-9,12H,5-7H2,1-4H3. The van der Waals surface area contributed by atoms with Crippen molar-refractivity contribution in [3.8, 4) is 0 Å². The molecule has 0 aliphatic carbocycles. The van der Waals surface area contributed by atoms with Crippen molar-refractivity contribution in [2.24, 2.45) is 7.05 Å². The fraction of sp³-hybridized carbons (Fsp3) is 0.727. The molecule has 6 nitrogen and oxygen atoms in total. The molecule has 17 heavy (non-hydrogen) atoms. The van der Waals surface area contributed by atoms with E-state index in [2.05, 4.69) is 15.5 Å². The van der Waals surface area contributed by atoms with E-state index < -0.39 is 0 Å². The van der Waals surface area contributed by atoms with Crippen molar-refractivity contribution in [3.05, 3.63) is 12.2 Å². The second-order valence-electron chi connectivity index (χ2n) is 4.38. The number of amides is 1. The van der Waals surface area contributed by atoms with Crippen LogP contribution >= 0.6 is 0 Å². The van der Waals surface area contributed by atoms with Gasteiger partial charge in [-0.2, -0.15) is 0 Å². The summed E-state index contributed by atoms with van der Waals surface area (Å²) in [5, 5.41) is 10.9. The molecule has 0 bridgehead atoms. The molecule has 0 aliphatic rings. The summed E-state index contributed by atoms with van der Waals surface area (Å²) >= 11 is 0. The third-order valence-corrected chi connectivity index (χ3v) is 2.77. The highest BCUT2D eigenvalue weighted by molar-refractivity contribution is 5.78. The molecule has 0 aromatic carbocycles. The maximum Gasteiger partial charge on any atom is 0.236 e. The SMILES string of the molecule is CC(C)N(C)C(=O)CNCCc1nncn1C. The number of carbonyl (C=O) groups excluding carboxylic acids is 1. The number of hydrogen-bond donors (Lipinski definition) is 1. The molecule has 0 unspecified atom stereocenters. The highest BCUT2D eigenvalue weighted by atomic mass is 16.2. The van der Waals surface area contributed by atoms with Gasteiger partial charge in [0.25, 0.3) is 0 Å². The molecule has 96 valence electrons. The normalized spacial score (nSPS) is 10.9. The summed E-state index contributed by atoms with van der Waals surface area (Å²) in [7, 11) is 3.73. The lowest BCUT2D eigenvalue weighted by Gasteiger charge is -2.21. The Morgan fingerprint density at radius 1 is 1.59 bits per heavy atom. The second-order valence-corrected chi connectivity index (χ2v) is 4.38. The van der Waals surface area contributed by atoms with E-state index in [1.807, 2.05) is 32.5 Å². The zero-order valence-electron chi connectivity index (χ0n) is 11.0. The summed E-state index contributed by atoms with van der Waals surface area (Å²) in [6, 6.07) is 0.239. The quantitative estimate of drug-likeness (QED) is 0.699. The van der Waals surface area contributed by atoms with Crippen LogP contribution in [0.15, 0.2) is 6.33 Å². The Bertz CT molecular complexity index is 360. The molecule has 1 N–H and O–H groups in total. The lowest BCUT2D eigenvalue weighted by Crippen LogP contribution is -2.39. The van der Waals surface area contributed by atoms with Gasteiger partial charge in [0, 0.05) is 33.1 Å². The van der Waals surface area contributed by atoms with Crippen molar-refractivity contribution in [2.45, 2.75) is 26.3 Å². The van der Waals surface area contributed by atoms with Gasteiger partial charge in [0.2, 0.25) is 5.91 Å². The van der Waals surface area contributed by atoms with Crippen molar-refractivity contribution < 1.29 is 4.79 Å². The fourth-order valence-corrected chi connectivity index (χ4v) is 1.34. The third kappa shape index (κ3) is 4.14. The first-order chi connectivity index (χ1) is 8.02. The maximum atomic E-state index is 11.6. The Kier molecular flexibility index (Phi) is 5.09. The van der Waals surface area contributed by atoms with Crippen LogP contribution in [0.3, 0.4) is 0 Å². The van der Waals surface area contributed by atoms with Crippen LogP contribution in [0.2, 0.25) is 0 Å². The molecule has 1 rings (SSSR count). The van der Waals surface area contributed by atoms with Crippen LogP contribution in [-0.2, 0) is 18.3 Å². The molecule has 1 aromatic rings. The van der Waals surface area contributed by atoms with Gasteiger partial charge >= 0.3 is 0 Å². The first-order valence-electron chi connectivity index (χ1n) is 5.81. The van der Waals surface area contributed by atoms with Crippen LogP contribution in [0.25, 0.3) is 0 Å². The van der Waals surface area contributed by atoms with Gasteiger partial charge in [0.15, 0.2) is 0 Å². The topological polar surface area (TPSA) is 63.1 Å². The molecule has 0 saturated carbocycles. The van der Waals surface area contributed by atoms with E-state index in [0.29, 0.717) is 6.54 Å². The van der Waals surface area contributed by atoms with Gasteiger partial charge in [-0.25, -0.2) is 0 Å². The number of nitrogens with zero attached hydrogens (tertiary/aromatic N) is 4. The molecule has 0 saturated heterocycles. The first kappa shape index (κ1) is 13.6. The fourth-order valence-electron chi connectivity index (χ4n) is 1.34. The van der Waals surface area contributed by atoms with Crippen molar-refractivity contribution in [1.29, 1.82) is 0 Å². The van der Waals surface area contributed by atoms with Crippen LogP contribution in [0, 0.1) is 0 Å². The minimum Gasteiger partial charge on any atom is -0.342 e. The highest BCUT2D eigenvalue weighted by Gasteiger charge is 2.10. The maximum absolute atomic E-state index is 11.6. The Hall–Kier alpha value is -1.43. The number of likely N-dealkylation sites (N-methyl/N-ethyl adjacent to an activating group) is 1. The first-order valence-corrected chi connectivity index (χ1v) is 5.81. The summed E-state index contributed by atoms with van der Waals surface area (Å²) in [6.45, 7) is 5.09. The van der Waals surface area contributed by atoms with Gasteiger partial charge in [-0.3, -0.25) is 4.79 Å². The zero-order valence-corrected chi connectivity index (χ0v) is 11.0. The van der Waals surface area contributed by atoms with E-state index >= 15 is 0 Å². The van der Waals surface area contributed by atoms with Crippen molar-refractivity contribution in [2.75, 3.05) is 20.1 Å². The molecular weight excluding hydrogens is 218 g/mol. The number of aryl methyl sites for hydroxylation is 1. The summed E-state index contributed by atoms with van der Waals surface area (Å²) in [5.74, 6) is 1.03. The van der Waals surface area contributed by atoms with Crippen molar-refractivity contribution >= 4 is 5.91 Å². The number of rotatable bonds is 6. The summed E-state index contributed by atoms with van der Waals surface area (Å²) < 4.78 is 1.88. The Labute approximate surface area is 102 Å². The van der Waals surface area contributed by atoms with Crippen LogP contribution in [0.4, 0.5) is 0 Å². The molecule has 0 atom stereocenters. The Balaban J connectivity index is 2.21. The minimum atomic E-state index is 0.109. The van der Waals surface area contributed by atoms with Gasteiger partial charge < -0.3 is 14.8 Å². The lowest BCUT2D eigenvalue weighted by atomic mass is 10.3. The number of hydrogen-bond acceptors (Lipinski definition) is 4. The van der Waals surface area contributed by atoms with Gasteiger partial charge in [0.05, 0.1) is 6.54 Å². The molecule has 1 amide bonds. The molecule has 0 fully saturated rings. The average Bonchev–Trinajstić information content (AvgIpc) is 2.69. The van der Waals surface area contributed by atoms with Crippen molar-refractivity contribution in [3.63, 3.8) is 0 Å². The minimum absolute atomic E-state index is 0.109. The Morgan fingerprint density at radius 3 is 2.82 bits per heavy atom. The van der Waals surface area contributed by atoms with E-state index in [1.54, 1.807) is 11.2 Å². The monoisotopic (exact) mass is 239 g/mol. The van der Waals surface area contributed by atoms with E-state index in [0.717, 1.165) is 18.8 Å². The summed E-state index contributed by atoms with van der Waals surface area (Å²) in [6.07, 6.45) is 2.45. The molecule has 6 heteroatoms. The number of nitrogens with one attached hydrogen (secondary N) is 1. The summed E-state index contributed by atoms with van der Waals surface area (Å²) in [4.78, 5) is 13.4. The predicted octanol–water partition coefficient (Wildman–Crippen LogP) is -0.186. The largest absolute Gasteiger partial charge is 0.342 e. The molecular formula is C11H21N5O. The second kappa shape index (κ2) is 6.34. The molecule has 0 radical (unpaired) electrons. The third-order valence-electron chi connectivity index (χ3n) is 2.77. The van der Waals surface area contributed by atoms with Crippen LogP contribution in [-0.4, -0.2) is 51.8 Å². The Morgan fingerprint density at radius 2 is 2.29 bits per heavy atom. The average molecular weight is 239 g/mol. The number of carbonyl (C=O) groups is 1. The smallest absolute Gasteiger partial charge is 0.236 e. The van der Waals surface area contributed by atoms with Crippen molar-refractivity contribution in [1.82, 2.24) is 25.0 Å². The van der Waals surface area contributed by atoms with Gasteiger partial charge in [-0.05, 0) is 13.8 Å². The lowest BCUT2D eigenvalue weighted by molar-refractivity contribution is -0.130. The van der Waals surface area contributed by atoms with E-state index in [4.69, 9.17) is 0 Å². The molecule has 0 spiro atoms. The van der Waals surface area contributed by atoms with Gasteiger partial charge in [0.1, 0.15) is 12.2 Å². The van der Waals surface area contributed by atoms with Gasteiger partial charge in [-0.1, -0.05) is 0 Å². The summed E-state index contributed by atoms with van der Waals surface area (Å²) in [5.41, 5.74) is 0. The zero-order chi connectivity index (χ0) is 12.8. The highest BCUT2D eigenvalue weighted by Crippen LogP contribution is 1.94. The van der Waals surface area contributed by atoms with Gasteiger partial charge in [-0.15, -0.1) is 10.2 Å². The van der Waals surface area contributed by atoms with Crippen LogP contribution < -0.4 is 5.32 Å². The van der Waals surface area contributed by atoms with Crippen LogP contribution in [0.1, 0.15) is 19.7 Å². The predicted molar refractivity (Wildman–Crippen MR) is 65.5 cm³/mol. The van der Waals surface area contributed by atoms with E-state index in [1.165, 1.54) is 0 Å².